The third-order valence-electron chi connectivity index (χ3n) is 3.68. The Kier molecular flexibility index (Phi) is 4.03. The topological polar surface area (TPSA) is 93.4 Å². The van der Waals surface area contributed by atoms with Crippen LogP contribution in [0.25, 0.3) is 0 Å². The Hall–Kier alpha value is -1.84. The standard InChI is InChI=1S/C12H18FN3O3/c1-8(15-10(18)19)11(2,3)9(17)16-5-4-12(13,6-14)7-16/h8,15H,4-5,7H2,1-3H3,(H,18,19)/t8-,12?/m1/s1. The molecule has 2 N–H and O–H groups in total. The maximum atomic E-state index is 13.8. The number of carbonyl (C=O) groups is 2. The fraction of sp³-hybridized carbons (Fsp3) is 0.750. The number of alkyl halides is 1. The zero-order chi connectivity index (χ0) is 14.8. The number of carbonyl (C=O) groups excluding carboxylic acids is 1. The molecule has 1 aliphatic rings. The molecule has 1 rings (SSSR count). The number of carboxylic acid groups (broad SMARTS) is 1. The van der Waals surface area contributed by atoms with Crippen molar-refractivity contribution in [3.8, 4) is 6.07 Å². The van der Waals surface area contributed by atoms with Gasteiger partial charge in [0.2, 0.25) is 11.6 Å². The van der Waals surface area contributed by atoms with Gasteiger partial charge in [-0.1, -0.05) is 0 Å². The van der Waals surface area contributed by atoms with E-state index in [0.717, 1.165) is 0 Å². The van der Waals surface area contributed by atoms with Crippen molar-refractivity contribution in [2.75, 3.05) is 13.1 Å². The molecule has 0 aromatic rings. The van der Waals surface area contributed by atoms with E-state index in [2.05, 4.69) is 5.32 Å². The molecule has 19 heavy (non-hydrogen) atoms. The van der Waals surface area contributed by atoms with Crippen molar-refractivity contribution in [3.05, 3.63) is 0 Å². The number of likely N-dealkylation sites (tertiary alicyclic amines) is 1. The predicted octanol–water partition coefficient (Wildman–Crippen LogP) is 1.13. The van der Waals surface area contributed by atoms with Crippen molar-refractivity contribution in [3.63, 3.8) is 0 Å². The summed E-state index contributed by atoms with van der Waals surface area (Å²) in [5.41, 5.74) is -2.99. The van der Waals surface area contributed by atoms with Gasteiger partial charge in [0, 0.05) is 19.0 Å². The van der Waals surface area contributed by atoms with Gasteiger partial charge in [-0.25, -0.2) is 9.18 Å². The average molecular weight is 271 g/mol. The summed E-state index contributed by atoms with van der Waals surface area (Å²) in [6.07, 6.45) is -1.22. The van der Waals surface area contributed by atoms with E-state index in [9.17, 15) is 14.0 Å². The van der Waals surface area contributed by atoms with Crippen LogP contribution in [0.5, 0.6) is 0 Å². The summed E-state index contributed by atoms with van der Waals surface area (Å²) in [6.45, 7) is 4.69. The summed E-state index contributed by atoms with van der Waals surface area (Å²) in [5, 5.41) is 19.6. The van der Waals surface area contributed by atoms with Crippen molar-refractivity contribution >= 4 is 12.0 Å². The summed E-state index contributed by atoms with van der Waals surface area (Å²) in [5.74, 6) is -0.358. The molecule has 2 atom stereocenters. The molecule has 6 nitrogen and oxygen atoms in total. The van der Waals surface area contributed by atoms with Crippen LogP contribution < -0.4 is 5.32 Å². The molecule has 0 aliphatic carbocycles. The minimum absolute atomic E-state index is 0.00788. The van der Waals surface area contributed by atoms with Crippen LogP contribution in [0.15, 0.2) is 0 Å². The van der Waals surface area contributed by atoms with Crippen molar-refractivity contribution in [2.45, 2.75) is 38.9 Å². The van der Waals surface area contributed by atoms with Crippen molar-refractivity contribution in [1.82, 2.24) is 10.2 Å². The molecule has 1 unspecified atom stereocenters. The largest absolute Gasteiger partial charge is 0.465 e. The first-order valence-electron chi connectivity index (χ1n) is 6.01. The van der Waals surface area contributed by atoms with Crippen molar-refractivity contribution < 1.29 is 19.1 Å². The Morgan fingerprint density at radius 2 is 2.16 bits per heavy atom. The summed E-state index contributed by atoms with van der Waals surface area (Å²) in [7, 11) is 0. The molecule has 0 aromatic heterocycles. The molecule has 7 heteroatoms. The molecule has 0 bridgehead atoms. The number of nitrogens with one attached hydrogen (secondary N) is 1. The third kappa shape index (κ3) is 3.13. The number of hydrogen-bond acceptors (Lipinski definition) is 3. The van der Waals surface area contributed by atoms with E-state index >= 15 is 0 Å². The number of halogens is 1. The van der Waals surface area contributed by atoms with Gasteiger partial charge >= 0.3 is 6.09 Å². The van der Waals surface area contributed by atoms with Crippen LogP contribution in [0.4, 0.5) is 9.18 Å². The van der Waals surface area contributed by atoms with E-state index in [4.69, 9.17) is 10.4 Å². The fourth-order valence-electron chi connectivity index (χ4n) is 2.00. The van der Waals surface area contributed by atoms with Crippen LogP contribution in [0, 0.1) is 16.7 Å². The quantitative estimate of drug-likeness (QED) is 0.804. The van der Waals surface area contributed by atoms with E-state index in [-0.39, 0.29) is 25.4 Å². The number of rotatable bonds is 3. The Labute approximate surface area is 111 Å². The van der Waals surface area contributed by atoms with Gasteiger partial charge < -0.3 is 15.3 Å². The lowest BCUT2D eigenvalue weighted by Crippen LogP contribution is -2.52. The Bertz CT molecular complexity index is 432. The molecular formula is C12H18FN3O3. The Morgan fingerprint density at radius 1 is 1.58 bits per heavy atom. The van der Waals surface area contributed by atoms with Crippen molar-refractivity contribution in [2.24, 2.45) is 5.41 Å². The zero-order valence-corrected chi connectivity index (χ0v) is 11.2. The lowest BCUT2D eigenvalue weighted by atomic mass is 9.84. The van der Waals surface area contributed by atoms with Gasteiger partial charge in [0.15, 0.2) is 0 Å². The predicted molar refractivity (Wildman–Crippen MR) is 65.1 cm³/mol. The second-order valence-electron chi connectivity index (χ2n) is 5.45. The highest BCUT2D eigenvalue weighted by Gasteiger charge is 2.45. The summed E-state index contributed by atoms with van der Waals surface area (Å²) in [6, 6.07) is 0.951. The highest BCUT2D eigenvalue weighted by Crippen LogP contribution is 2.30. The zero-order valence-electron chi connectivity index (χ0n) is 11.2. The van der Waals surface area contributed by atoms with Crippen LogP contribution in [-0.4, -0.2) is 46.8 Å². The first-order chi connectivity index (χ1) is 8.62. The minimum atomic E-state index is -1.99. The van der Waals surface area contributed by atoms with Gasteiger partial charge in [-0.15, -0.1) is 0 Å². The molecule has 2 amide bonds. The maximum Gasteiger partial charge on any atom is 0.404 e. The average Bonchev–Trinajstić information content (AvgIpc) is 2.70. The normalized spacial score (nSPS) is 24.7. The van der Waals surface area contributed by atoms with Crippen LogP contribution in [0.3, 0.4) is 0 Å². The van der Waals surface area contributed by atoms with E-state index in [0.29, 0.717) is 0 Å². The Morgan fingerprint density at radius 3 is 2.58 bits per heavy atom. The van der Waals surface area contributed by atoms with E-state index in [1.807, 2.05) is 0 Å². The first-order valence-corrected chi connectivity index (χ1v) is 6.01. The molecule has 0 aromatic carbocycles. The molecule has 1 aliphatic heterocycles. The minimum Gasteiger partial charge on any atom is -0.465 e. The molecule has 0 spiro atoms. The van der Waals surface area contributed by atoms with Crippen molar-refractivity contribution in [1.29, 1.82) is 5.26 Å². The van der Waals surface area contributed by atoms with Gasteiger partial charge in [-0.05, 0) is 20.8 Å². The van der Waals surface area contributed by atoms with Gasteiger partial charge in [-0.2, -0.15) is 5.26 Å². The van der Waals surface area contributed by atoms with E-state index in [1.54, 1.807) is 26.8 Å². The number of nitriles is 1. The summed E-state index contributed by atoms with van der Waals surface area (Å²) >= 11 is 0. The van der Waals surface area contributed by atoms with Crippen LogP contribution >= 0.6 is 0 Å². The van der Waals surface area contributed by atoms with Gasteiger partial charge in [0.1, 0.15) is 6.07 Å². The SMILES string of the molecule is C[C@@H](NC(=O)O)C(C)(C)C(=O)N1CCC(F)(C#N)C1. The second kappa shape index (κ2) is 5.03. The molecule has 0 saturated carbocycles. The lowest BCUT2D eigenvalue weighted by Gasteiger charge is -2.34. The fourth-order valence-corrected chi connectivity index (χ4v) is 2.00. The van der Waals surface area contributed by atoms with E-state index < -0.39 is 23.2 Å². The molecular weight excluding hydrogens is 253 g/mol. The molecule has 1 heterocycles. The smallest absolute Gasteiger partial charge is 0.404 e. The molecule has 106 valence electrons. The number of amides is 2. The highest BCUT2D eigenvalue weighted by atomic mass is 19.1. The van der Waals surface area contributed by atoms with Crippen LogP contribution in [-0.2, 0) is 4.79 Å². The lowest BCUT2D eigenvalue weighted by molar-refractivity contribution is -0.140. The summed E-state index contributed by atoms with van der Waals surface area (Å²) < 4.78 is 13.8. The Balaban J connectivity index is 2.78. The maximum absolute atomic E-state index is 13.8. The molecule has 1 fully saturated rings. The van der Waals surface area contributed by atoms with Gasteiger partial charge in [0.25, 0.3) is 0 Å². The van der Waals surface area contributed by atoms with Crippen LogP contribution in [0.1, 0.15) is 27.2 Å². The van der Waals surface area contributed by atoms with Gasteiger partial charge in [0.05, 0.1) is 12.0 Å². The van der Waals surface area contributed by atoms with Gasteiger partial charge in [-0.3, -0.25) is 4.79 Å². The monoisotopic (exact) mass is 271 g/mol. The third-order valence-corrected chi connectivity index (χ3v) is 3.68. The second-order valence-corrected chi connectivity index (χ2v) is 5.45. The summed E-state index contributed by atoms with van der Waals surface area (Å²) in [4.78, 5) is 24.2. The first kappa shape index (κ1) is 15.2. The van der Waals surface area contributed by atoms with Crippen LogP contribution in [0.2, 0.25) is 0 Å². The highest BCUT2D eigenvalue weighted by molar-refractivity contribution is 5.84. The number of nitrogens with zero attached hydrogens (tertiary/aromatic N) is 2. The number of hydrogen-bond donors (Lipinski definition) is 2. The van der Waals surface area contributed by atoms with E-state index in [1.165, 1.54) is 4.90 Å². The molecule has 0 radical (unpaired) electrons. The molecule has 1 saturated heterocycles.